The molecule has 0 spiro atoms. The van der Waals surface area contributed by atoms with E-state index in [0.717, 1.165) is 0 Å². The van der Waals surface area contributed by atoms with Crippen LogP contribution in [0.4, 0.5) is 0 Å². The molecule has 4 nitrogen and oxygen atoms in total. The van der Waals surface area contributed by atoms with Crippen molar-refractivity contribution < 1.29 is 14.6 Å². The van der Waals surface area contributed by atoms with E-state index in [1.54, 1.807) is 7.05 Å². The van der Waals surface area contributed by atoms with Crippen LogP contribution in [0.2, 0.25) is 0 Å². The molecule has 0 radical (unpaired) electrons. The Balaban J connectivity index is 3.68. The Morgan fingerprint density at radius 1 is 1.54 bits per heavy atom. The molecule has 0 rings (SSSR count). The third kappa shape index (κ3) is 6.54. The smallest absolute Gasteiger partial charge is 0.323 e. The highest BCUT2D eigenvalue weighted by atomic mass is 16.5. The van der Waals surface area contributed by atoms with E-state index in [2.05, 4.69) is 5.32 Å². The van der Waals surface area contributed by atoms with E-state index in [0.29, 0.717) is 6.61 Å². The Labute approximate surface area is 79.3 Å². The molecule has 0 aromatic rings. The number of likely N-dealkylation sites (N-methyl/N-ethyl adjacent to an activating group) is 1. The lowest BCUT2D eigenvalue weighted by Gasteiger charge is -2.19. The van der Waals surface area contributed by atoms with Gasteiger partial charge in [0.25, 0.3) is 0 Å². The van der Waals surface area contributed by atoms with Gasteiger partial charge >= 0.3 is 5.97 Å². The topological polar surface area (TPSA) is 58.6 Å². The summed E-state index contributed by atoms with van der Waals surface area (Å²) < 4.78 is 5.27. The van der Waals surface area contributed by atoms with Crippen molar-refractivity contribution in [1.29, 1.82) is 0 Å². The minimum atomic E-state index is -0.878. The Bertz CT molecular complexity index is 163. The van der Waals surface area contributed by atoms with Gasteiger partial charge in [0.05, 0.1) is 13.2 Å². The van der Waals surface area contributed by atoms with E-state index >= 15 is 0 Å². The van der Waals surface area contributed by atoms with Crippen molar-refractivity contribution in [2.75, 3.05) is 20.3 Å². The van der Waals surface area contributed by atoms with Crippen LogP contribution in [-0.2, 0) is 9.53 Å². The summed E-state index contributed by atoms with van der Waals surface area (Å²) in [6, 6.07) is -0.609. The second kappa shape index (κ2) is 5.19. The molecule has 0 amide bonds. The van der Waals surface area contributed by atoms with Crippen LogP contribution in [-0.4, -0.2) is 37.4 Å². The molecule has 1 atom stereocenters. The highest BCUT2D eigenvalue weighted by Gasteiger charge is 2.17. The average Bonchev–Trinajstić information content (AvgIpc) is 1.95. The third-order valence-corrected chi connectivity index (χ3v) is 1.47. The van der Waals surface area contributed by atoms with Crippen LogP contribution in [0.1, 0.15) is 20.8 Å². The van der Waals surface area contributed by atoms with Crippen molar-refractivity contribution in [1.82, 2.24) is 5.32 Å². The minimum absolute atomic E-state index is 0.0802. The highest BCUT2D eigenvalue weighted by Crippen LogP contribution is 2.12. The summed E-state index contributed by atoms with van der Waals surface area (Å²) in [5, 5.41) is 11.3. The molecule has 4 heteroatoms. The second-order valence-electron chi connectivity index (χ2n) is 4.26. The molecule has 0 heterocycles. The van der Waals surface area contributed by atoms with E-state index in [4.69, 9.17) is 9.84 Å². The van der Waals surface area contributed by atoms with Gasteiger partial charge in [0.1, 0.15) is 6.04 Å². The molecule has 0 saturated carbocycles. The number of ether oxygens (including phenoxy) is 1. The first-order valence-corrected chi connectivity index (χ1v) is 4.34. The Kier molecular flexibility index (Phi) is 4.95. The number of nitrogens with one attached hydrogen (secondary N) is 1. The fourth-order valence-electron chi connectivity index (χ4n) is 0.761. The number of hydrogen-bond acceptors (Lipinski definition) is 3. The number of rotatable bonds is 5. The molecule has 13 heavy (non-hydrogen) atoms. The van der Waals surface area contributed by atoms with Crippen molar-refractivity contribution in [3.63, 3.8) is 0 Å². The maximum Gasteiger partial charge on any atom is 0.323 e. The first kappa shape index (κ1) is 12.4. The molecule has 0 fully saturated rings. The zero-order chi connectivity index (χ0) is 10.5. The molecule has 0 bridgehead atoms. The van der Waals surface area contributed by atoms with E-state index in [1.807, 2.05) is 20.8 Å². The van der Waals surface area contributed by atoms with Gasteiger partial charge in [0.15, 0.2) is 0 Å². The Morgan fingerprint density at radius 3 is 2.38 bits per heavy atom. The van der Waals surface area contributed by atoms with Crippen LogP contribution in [0.3, 0.4) is 0 Å². The molecular weight excluding hydrogens is 170 g/mol. The summed E-state index contributed by atoms with van der Waals surface area (Å²) in [5.74, 6) is -0.878. The number of hydrogen-bond donors (Lipinski definition) is 2. The predicted molar refractivity (Wildman–Crippen MR) is 50.8 cm³/mol. The van der Waals surface area contributed by atoms with Crippen molar-refractivity contribution in [2.24, 2.45) is 5.41 Å². The average molecular weight is 189 g/mol. The lowest BCUT2D eigenvalue weighted by atomic mass is 9.99. The normalized spacial score (nSPS) is 14.2. The van der Waals surface area contributed by atoms with Gasteiger partial charge in [-0.2, -0.15) is 0 Å². The van der Waals surface area contributed by atoms with Gasteiger partial charge in [-0.15, -0.1) is 0 Å². The molecular formula is C9H19NO3. The Morgan fingerprint density at radius 2 is 2.08 bits per heavy atom. The third-order valence-electron chi connectivity index (χ3n) is 1.47. The number of carboxylic acids is 1. The van der Waals surface area contributed by atoms with Crippen LogP contribution in [0.25, 0.3) is 0 Å². The van der Waals surface area contributed by atoms with E-state index in [-0.39, 0.29) is 12.0 Å². The molecule has 0 aliphatic rings. The maximum atomic E-state index is 10.5. The van der Waals surface area contributed by atoms with Crippen LogP contribution in [0.15, 0.2) is 0 Å². The van der Waals surface area contributed by atoms with Crippen molar-refractivity contribution in [3.8, 4) is 0 Å². The van der Waals surface area contributed by atoms with E-state index in [9.17, 15) is 4.79 Å². The fourth-order valence-corrected chi connectivity index (χ4v) is 0.761. The highest BCUT2D eigenvalue weighted by molar-refractivity contribution is 5.73. The molecule has 2 N–H and O–H groups in total. The second-order valence-corrected chi connectivity index (χ2v) is 4.26. The van der Waals surface area contributed by atoms with Crippen LogP contribution in [0.5, 0.6) is 0 Å². The quantitative estimate of drug-likeness (QED) is 0.669. The van der Waals surface area contributed by atoms with Gasteiger partial charge in [-0.05, 0) is 12.5 Å². The summed E-state index contributed by atoms with van der Waals surface area (Å²) >= 11 is 0. The van der Waals surface area contributed by atoms with Crippen molar-refractivity contribution in [3.05, 3.63) is 0 Å². The van der Waals surface area contributed by atoms with Gasteiger partial charge in [0.2, 0.25) is 0 Å². The van der Waals surface area contributed by atoms with Gasteiger partial charge in [-0.3, -0.25) is 4.79 Å². The zero-order valence-electron chi connectivity index (χ0n) is 8.76. The molecule has 0 saturated heterocycles. The van der Waals surface area contributed by atoms with Gasteiger partial charge < -0.3 is 15.2 Å². The Hall–Kier alpha value is -0.610. The monoisotopic (exact) mass is 189 g/mol. The van der Waals surface area contributed by atoms with E-state index < -0.39 is 12.0 Å². The molecule has 78 valence electrons. The molecule has 0 aromatic heterocycles. The summed E-state index contributed by atoms with van der Waals surface area (Å²) in [5.41, 5.74) is 0.0802. The van der Waals surface area contributed by atoms with E-state index in [1.165, 1.54) is 0 Å². The first-order valence-electron chi connectivity index (χ1n) is 4.34. The number of aliphatic carboxylic acids is 1. The van der Waals surface area contributed by atoms with Gasteiger partial charge in [0, 0.05) is 0 Å². The van der Waals surface area contributed by atoms with Crippen LogP contribution >= 0.6 is 0 Å². The van der Waals surface area contributed by atoms with Gasteiger partial charge in [-0.1, -0.05) is 20.8 Å². The van der Waals surface area contributed by atoms with Gasteiger partial charge in [-0.25, -0.2) is 0 Å². The SMILES string of the molecule is CNC(COCC(C)(C)C)C(=O)O. The summed E-state index contributed by atoms with van der Waals surface area (Å²) in [6.07, 6.45) is 0. The zero-order valence-corrected chi connectivity index (χ0v) is 8.76. The fraction of sp³-hybridized carbons (Fsp3) is 0.889. The standard InChI is InChI=1S/C9H19NO3/c1-9(2,3)6-13-5-7(10-4)8(11)12/h7,10H,5-6H2,1-4H3,(H,11,12). The molecule has 0 aliphatic carbocycles. The lowest BCUT2D eigenvalue weighted by Crippen LogP contribution is -2.38. The predicted octanol–water partition coefficient (Wildman–Crippen LogP) is 0.722. The summed E-state index contributed by atoms with van der Waals surface area (Å²) in [7, 11) is 1.61. The number of carboxylic acid groups (broad SMARTS) is 1. The minimum Gasteiger partial charge on any atom is -0.480 e. The van der Waals surface area contributed by atoms with Crippen molar-refractivity contribution in [2.45, 2.75) is 26.8 Å². The summed E-state index contributed by atoms with van der Waals surface area (Å²) in [4.78, 5) is 10.5. The number of carbonyl (C=O) groups is 1. The lowest BCUT2D eigenvalue weighted by molar-refractivity contribution is -0.141. The summed E-state index contributed by atoms with van der Waals surface area (Å²) in [6.45, 7) is 6.91. The molecule has 1 unspecified atom stereocenters. The van der Waals surface area contributed by atoms with Crippen LogP contribution in [0, 0.1) is 5.41 Å². The largest absolute Gasteiger partial charge is 0.480 e. The van der Waals surface area contributed by atoms with Crippen molar-refractivity contribution >= 4 is 5.97 Å². The first-order chi connectivity index (χ1) is 5.87. The maximum absolute atomic E-state index is 10.5. The molecule has 0 aliphatic heterocycles. The van der Waals surface area contributed by atoms with Crippen LogP contribution < -0.4 is 5.32 Å². The molecule has 0 aromatic carbocycles.